The number of pyridine rings is 2. The molecule has 0 fully saturated rings. The zero-order valence-electron chi connectivity index (χ0n) is 13.0. The predicted octanol–water partition coefficient (Wildman–Crippen LogP) is 2.58. The third kappa shape index (κ3) is 2.48. The van der Waals surface area contributed by atoms with Crippen LogP contribution in [0.4, 0.5) is 0 Å². The summed E-state index contributed by atoms with van der Waals surface area (Å²) in [6.07, 6.45) is 5.85. The number of carbonyl (C=O) groups is 1. The highest BCUT2D eigenvalue weighted by Gasteiger charge is 2.21. The fourth-order valence-corrected chi connectivity index (χ4v) is 3.55. The summed E-state index contributed by atoms with van der Waals surface area (Å²) in [6, 6.07) is 10.2. The minimum atomic E-state index is -1.23. The van der Waals surface area contributed by atoms with E-state index in [0.717, 1.165) is 24.8 Å². The number of benzene rings is 1. The number of aromatic carboxylic acids is 1. The summed E-state index contributed by atoms with van der Waals surface area (Å²) in [5.41, 5.74) is 3.43. The Labute approximate surface area is 138 Å². The fourth-order valence-electron chi connectivity index (χ4n) is 3.55. The maximum atomic E-state index is 12.3. The Balaban J connectivity index is 1.65. The van der Waals surface area contributed by atoms with Crippen molar-refractivity contribution in [2.45, 2.75) is 19.3 Å². The van der Waals surface area contributed by atoms with Gasteiger partial charge in [0.15, 0.2) is 0 Å². The minimum Gasteiger partial charge on any atom is -0.477 e. The van der Waals surface area contributed by atoms with Crippen molar-refractivity contribution in [2.75, 3.05) is 0 Å². The molecular formula is C19H16N2O3. The minimum absolute atomic E-state index is 0.255. The van der Waals surface area contributed by atoms with E-state index in [4.69, 9.17) is 5.11 Å². The largest absolute Gasteiger partial charge is 0.477 e. The third-order valence-electron chi connectivity index (χ3n) is 4.68. The molecule has 1 aromatic carbocycles. The van der Waals surface area contributed by atoms with E-state index in [2.05, 4.69) is 34.2 Å². The van der Waals surface area contributed by atoms with E-state index in [0.29, 0.717) is 17.0 Å². The number of aromatic nitrogens is 2. The number of carboxylic acid groups (broad SMARTS) is 1. The van der Waals surface area contributed by atoms with Crippen molar-refractivity contribution < 1.29 is 9.90 Å². The number of aromatic amines is 1. The monoisotopic (exact) mass is 320 g/mol. The molecule has 2 heterocycles. The van der Waals surface area contributed by atoms with Crippen molar-refractivity contribution in [2.24, 2.45) is 5.92 Å². The fraction of sp³-hybridized carbons (Fsp3) is 0.211. The lowest BCUT2D eigenvalue weighted by atomic mass is 9.97. The smallest absolute Gasteiger partial charge is 0.341 e. The molecule has 4 rings (SSSR count). The van der Waals surface area contributed by atoms with Gasteiger partial charge in [-0.2, -0.15) is 0 Å². The molecular weight excluding hydrogens is 304 g/mol. The Hall–Kier alpha value is -2.95. The molecule has 0 unspecified atom stereocenters. The van der Waals surface area contributed by atoms with Crippen molar-refractivity contribution in [1.82, 2.24) is 9.97 Å². The SMILES string of the molecule is O=C(O)c1c[nH]c2ncc(CC3Cc4ccccc4C3)cc2c1=O. The number of hydrogen-bond acceptors (Lipinski definition) is 3. The highest BCUT2D eigenvalue weighted by atomic mass is 16.4. The van der Waals surface area contributed by atoms with Gasteiger partial charge in [0.25, 0.3) is 0 Å². The summed E-state index contributed by atoms with van der Waals surface area (Å²) < 4.78 is 0. The number of nitrogens with one attached hydrogen (secondary N) is 1. The van der Waals surface area contributed by atoms with Crippen LogP contribution in [-0.4, -0.2) is 21.0 Å². The quantitative estimate of drug-likeness (QED) is 0.777. The second kappa shape index (κ2) is 5.60. The van der Waals surface area contributed by atoms with Gasteiger partial charge >= 0.3 is 5.97 Å². The van der Waals surface area contributed by atoms with E-state index in [-0.39, 0.29) is 5.56 Å². The van der Waals surface area contributed by atoms with Crippen LogP contribution in [0.5, 0.6) is 0 Å². The summed E-state index contributed by atoms with van der Waals surface area (Å²) in [5.74, 6) is -0.738. The number of rotatable bonds is 3. The first-order chi connectivity index (χ1) is 11.6. The van der Waals surface area contributed by atoms with E-state index in [1.807, 2.05) is 0 Å². The summed E-state index contributed by atoms with van der Waals surface area (Å²) in [6.45, 7) is 0. The number of hydrogen-bond donors (Lipinski definition) is 2. The Morgan fingerprint density at radius 3 is 2.62 bits per heavy atom. The molecule has 1 aliphatic rings. The summed E-state index contributed by atoms with van der Waals surface area (Å²) >= 11 is 0. The van der Waals surface area contributed by atoms with Crippen molar-refractivity contribution >= 4 is 17.0 Å². The molecule has 5 nitrogen and oxygen atoms in total. The molecule has 3 aromatic rings. The number of fused-ring (bicyclic) bond motifs is 2. The molecule has 0 saturated carbocycles. The van der Waals surface area contributed by atoms with Crippen LogP contribution in [0.15, 0.2) is 47.5 Å². The summed E-state index contributed by atoms with van der Waals surface area (Å²) in [4.78, 5) is 30.5. The van der Waals surface area contributed by atoms with Crippen LogP contribution in [0.3, 0.4) is 0 Å². The average Bonchev–Trinajstić information content (AvgIpc) is 2.97. The molecule has 0 bridgehead atoms. The van der Waals surface area contributed by atoms with Crippen molar-refractivity contribution in [1.29, 1.82) is 0 Å². The van der Waals surface area contributed by atoms with Gasteiger partial charge in [0, 0.05) is 12.4 Å². The highest BCUT2D eigenvalue weighted by Crippen LogP contribution is 2.29. The normalized spacial score (nSPS) is 14.0. The molecule has 1 aliphatic carbocycles. The van der Waals surface area contributed by atoms with Crippen LogP contribution in [0.2, 0.25) is 0 Å². The zero-order valence-corrected chi connectivity index (χ0v) is 13.0. The Kier molecular flexibility index (Phi) is 3.41. The number of nitrogens with zero attached hydrogens (tertiary/aromatic N) is 1. The van der Waals surface area contributed by atoms with Gasteiger partial charge in [-0.3, -0.25) is 4.79 Å². The molecule has 0 aliphatic heterocycles. The van der Waals surface area contributed by atoms with Crippen LogP contribution in [-0.2, 0) is 19.3 Å². The highest BCUT2D eigenvalue weighted by molar-refractivity contribution is 5.91. The van der Waals surface area contributed by atoms with Crippen LogP contribution in [0.25, 0.3) is 11.0 Å². The van der Waals surface area contributed by atoms with Crippen molar-refractivity contribution in [3.8, 4) is 0 Å². The molecule has 0 atom stereocenters. The van der Waals surface area contributed by atoms with Crippen LogP contribution in [0, 0.1) is 5.92 Å². The van der Waals surface area contributed by atoms with E-state index in [1.54, 1.807) is 12.3 Å². The van der Waals surface area contributed by atoms with Gasteiger partial charge < -0.3 is 10.1 Å². The second-order valence-electron chi connectivity index (χ2n) is 6.32. The van der Waals surface area contributed by atoms with Crippen molar-refractivity contribution in [3.05, 3.63) is 75.2 Å². The van der Waals surface area contributed by atoms with E-state index >= 15 is 0 Å². The molecule has 0 amide bonds. The van der Waals surface area contributed by atoms with Crippen molar-refractivity contribution in [3.63, 3.8) is 0 Å². The van der Waals surface area contributed by atoms with Gasteiger partial charge in [-0.05, 0) is 47.9 Å². The lowest BCUT2D eigenvalue weighted by Crippen LogP contribution is -2.16. The van der Waals surface area contributed by atoms with Gasteiger partial charge in [-0.1, -0.05) is 24.3 Å². The number of carboxylic acids is 1. The summed E-state index contributed by atoms with van der Waals surface area (Å²) in [5, 5.41) is 9.42. The maximum Gasteiger partial charge on any atom is 0.341 e. The van der Waals surface area contributed by atoms with Crippen LogP contribution >= 0.6 is 0 Å². The summed E-state index contributed by atoms with van der Waals surface area (Å²) in [7, 11) is 0. The van der Waals surface area contributed by atoms with E-state index in [9.17, 15) is 9.59 Å². The van der Waals surface area contributed by atoms with Gasteiger partial charge in [-0.25, -0.2) is 9.78 Å². The molecule has 0 saturated heterocycles. The number of H-pyrrole nitrogens is 1. The lowest BCUT2D eigenvalue weighted by molar-refractivity contribution is 0.0695. The van der Waals surface area contributed by atoms with Crippen LogP contribution < -0.4 is 5.43 Å². The topological polar surface area (TPSA) is 83.0 Å². The molecule has 0 spiro atoms. The van der Waals surface area contributed by atoms with Gasteiger partial charge in [-0.15, -0.1) is 0 Å². The molecule has 5 heteroatoms. The first kappa shape index (κ1) is 14.6. The maximum absolute atomic E-state index is 12.3. The Morgan fingerprint density at radius 1 is 1.25 bits per heavy atom. The first-order valence-corrected chi connectivity index (χ1v) is 7.92. The standard InChI is InChI=1S/C19H16N2O3/c22-17-15-8-12(9-20-18(15)21-10-16(17)19(23)24)5-11-6-13-3-1-2-4-14(13)7-11/h1-4,8-11H,5-7H2,(H,23,24)(H,20,21,22). The molecule has 2 aromatic heterocycles. The van der Waals surface area contributed by atoms with Gasteiger partial charge in [0.2, 0.25) is 5.43 Å². The zero-order chi connectivity index (χ0) is 16.7. The molecule has 2 N–H and O–H groups in total. The first-order valence-electron chi connectivity index (χ1n) is 7.92. The predicted molar refractivity (Wildman–Crippen MR) is 90.4 cm³/mol. The molecule has 120 valence electrons. The van der Waals surface area contributed by atoms with Gasteiger partial charge in [0.1, 0.15) is 11.2 Å². The third-order valence-corrected chi connectivity index (χ3v) is 4.68. The molecule has 24 heavy (non-hydrogen) atoms. The van der Waals surface area contributed by atoms with E-state index in [1.165, 1.54) is 17.3 Å². The van der Waals surface area contributed by atoms with Gasteiger partial charge in [0.05, 0.1) is 5.39 Å². The Bertz CT molecular complexity index is 982. The molecule has 0 radical (unpaired) electrons. The Morgan fingerprint density at radius 2 is 1.96 bits per heavy atom. The second-order valence-corrected chi connectivity index (χ2v) is 6.32. The average molecular weight is 320 g/mol. The lowest BCUT2D eigenvalue weighted by Gasteiger charge is -2.09. The van der Waals surface area contributed by atoms with Crippen LogP contribution in [0.1, 0.15) is 27.0 Å². The van der Waals surface area contributed by atoms with E-state index < -0.39 is 11.4 Å².